The minimum atomic E-state index is 0.539. The van der Waals surface area contributed by atoms with Crippen LogP contribution in [0.3, 0.4) is 0 Å². The summed E-state index contributed by atoms with van der Waals surface area (Å²) in [5.41, 5.74) is 8.63. The topological polar surface area (TPSA) is 26.0 Å². The van der Waals surface area contributed by atoms with Gasteiger partial charge in [0.15, 0.2) is 0 Å². The van der Waals surface area contributed by atoms with E-state index in [1.54, 1.807) is 0 Å². The number of anilines is 1. The van der Waals surface area contributed by atoms with Gasteiger partial charge in [0.05, 0.1) is 0 Å². The highest BCUT2D eigenvalue weighted by Crippen LogP contribution is 2.13. The highest BCUT2D eigenvalue weighted by Gasteiger charge is 1.95. The van der Waals surface area contributed by atoms with E-state index in [2.05, 4.69) is 0 Å². The molecule has 1 rings (SSSR count). The van der Waals surface area contributed by atoms with Crippen molar-refractivity contribution in [3.8, 4) is 0 Å². The lowest BCUT2D eigenvalue weighted by Crippen LogP contribution is -1.89. The molecule has 0 atom stereocenters. The van der Waals surface area contributed by atoms with Crippen LogP contribution in [0, 0.1) is 6.92 Å². The third-order valence-corrected chi connectivity index (χ3v) is 1.81. The van der Waals surface area contributed by atoms with Gasteiger partial charge in [-0.15, -0.1) is 11.6 Å². The van der Waals surface area contributed by atoms with Crippen LogP contribution < -0.4 is 5.73 Å². The van der Waals surface area contributed by atoms with Crippen molar-refractivity contribution < 1.29 is 0 Å². The maximum atomic E-state index is 5.65. The summed E-state index contributed by atoms with van der Waals surface area (Å²) >= 11 is 5.65. The van der Waals surface area contributed by atoms with Crippen molar-refractivity contribution in [3.63, 3.8) is 0 Å². The van der Waals surface area contributed by atoms with Gasteiger partial charge >= 0.3 is 0 Å². The summed E-state index contributed by atoms with van der Waals surface area (Å²) in [6.07, 6.45) is 0. The van der Waals surface area contributed by atoms with Crippen molar-refractivity contribution in [1.29, 1.82) is 0 Å². The Kier molecular flexibility index (Phi) is 2.17. The largest absolute Gasteiger partial charge is 0.399 e. The molecule has 0 heterocycles. The summed E-state index contributed by atoms with van der Waals surface area (Å²) in [6, 6.07) is 5.76. The third kappa shape index (κ3) is 1.42. The monoisotopic (exact) mass is 155 g/mol. The number of aryl methyl sites for hydroxylation is 1. The third-order valence-electron chi connectivity index (χ3n) is 1.52. The molecule has 1 aromatic carbocycles. The Morgan fingerprint density at radius 2 is 2.20 bits per heavy atom. The van der Waals surface area contributed by atoms with Crippen molar-refractivity contribution in [3.05, 3.63) is 29.3 Å². The standard InChI is InChI=1S/C8H10ClN/c1-6-2-3-8(10)4-7(6)5-9/h2-4H,5,10H2,1H3. The first-order valence-electron chi connectivity index (χ1n) is 3.15. The summed E-state index contributed by atoms with van der Waals surface area (Å²) in [4.78, 5) is 0. The van der Waals surface area contributed by atoms with Gasteiger partial charge in [-0.2, -0.15) is 0 Å². The van der Waals surface area contributed by atoms with E-state index >= 15 is 0 Å². The number of nitrogens with two attached hydrogens (primary N) is 1. The number of benzene rings is 1. The molecule has 1 aromatic rings. The van der Waals surface area contributed by atoms with E-state index in [0.29, 0.717) is 5.88 Å². The van der Waals surface area contributed by atoms with Crippen molar-refractivity contribution >= 4 is 17.3 Å². The zero-order valence-electron chi connectivity index (χ0n) is 5.89. The minimum absolute atomic E-state index is 0.539. The molecule has 0 unspecified atom stereocenters. The lowest BCUT2D eigenvalue weighted by Gasteiger charge is -2.01. The van der Waals surface area contributed by atoms with E-state index in [4.69, 9.17) is 17.3 Å². The van der Waals surface area contributed by atoms with Crippen molar-refractivity contribution in [2.45, 2.75) is 12.8 Å². The van der Waals surface area contributed by atoms with Gasteiger partial charge in [-0.1, -0.05) is 6.07 Å². The quantitative estimate of drug-likeness (QED) is 0.489. The molecule has 2 heteroatoms. The number of hydrogen-bond donors (Lipinski definition) is 1. The zero-order chi connectivity index (χ0) is 7.56. The lowest BCUT2D eigenvalue weighted by atomic mass is 10.1. The fourth-order valence-corrected chi connectivity index (χ4v) is 1.12. The molecule has 10 heavy (non-hydrogen) atoms. The second-order valence-corrected chi connectivity index (χ2v) is 2.59. The first-order valence-corrected chi connectivity index (χ1v) is 3.68. The van der Waals surface area contributed by atoms with Crippen LogP contribution in [0.25, 0.3) is 0 Å². The smallest absolute Gasteiger partial charge is 0.0477 e. The molecule has 0 saturated carbocycles. The molecule has 1 nitrogen and oxygen atoms in total. The van der Waals surface area contributed by atoms with E-state index in [-0.39, 0.29) is 0 Å². The van der Waals surface area contributed by atoms with E-state index in [0.717, 1.165) is 11.3 Å². The summed E-state index contributed by atoms with van der Waals surface area (Å²) in [5, 5.41) is 0. The number of rotatable bonds is 1. The summed E-state index contributed by atoms with van der Waals surface area (Å²) in [6.45, 7) is 2.02. The first-order chi connectivity index (χ1) is 4.74. The number of alkyl halides is 1. The van der Waals surface area contributed by atoms with Gasteiger partial charge in [0.2, 0.25) is 0 Å². The molecule has 0 aliphatic carbocycles. The predicted octanol–water partition coefficient (Wildman–Crippen LogP) is 2.32. The van der Waals surface area contributed by atoms with E-state index in [1.807, 2.05) is 25.1 Å². The molecule has 2 N–H and O–H groups in total. The van der Waals surface area contributed by atoms with Crippen LogP contribution in [0.4, 0.5) is 5.69 Å². The zero-order valence-corrected chi connectivity index (χ0v) is 6.65. The Morgan fingerprint density at radius 3 is 2.70 bits per heavy atom. The molecule has 0 amide bonds. The SMILES string of the molecule is Cc1ccc(N)cc1CCl. The summed E-state index contributed by atoms with van der Waals surface area (Å²) in [5.74, 6) is 0.539. The fraction of sp³-hybridized carbons (Fsp3) is 0.250. The van der Waals surface area contributed by atoms with Crippen LogP contribution in [0.15, 0.2) is 18.2 Å². The maximum absolute atomic E-state index is 5.65. The molecule has 0 saturated heterocycles. The molecular weight excluding hydrogens is 146 g/mol. The first kappa shape index (κ1) is 7.42. The number of halogens is 1. The summed E-state index contributed by atoms with van der Waals surface area (Å²) < 4.78 is 0. The van der Waals surface area contributed by atoms with E-state index in [9.17, 15) is 0 Å². The van der Waals surface area contributed by atoms with Crippen LogP contribution in [-0.4, -0.2) is 0 Å². The van der Waals surface area contributed by atoms with Gasteiger partial charge < -0.3 is 5.73 Å². The van der Waals surface area contributed by atoms with Crippen molar-refractivity contribution in [2.75, 3.05) is 5.73 Å². The van der Waals surface area contributed by atoms with Crippen LogP contribution in [0.1, 0.15) is 11.1 Å². The van der Waals surface area contributed by atoms with Crippen LogP contribution in [-0.2, 0) is 5.88 Å². The van der Waals surface area contributed by atoms with E-state index < -0.39 is 0 Å². The highest BCUT2D eigenvalue weighted by atomic mass is 35.5. The normalized spacial score (nSPS) is 9.80. The molecular formula is C8H10ClN. The summed E-state index contributed by atoms with van der Waals surface area (Å²) in [7, 11) is 0. The van der Waals surface area contributed by atoms with Crippen molar-refractivity contribution in [1.82, 2.24) is 0 Å². The van der Waals surface area contributed by atoms with Crippen LogP contribution >= 0.6 is 11.6 Å². The minimum Gasteiger partial charge on any atom is -0.399 e. The van der Waals surface area contributed by atoms with Gasteiger partial charge in [-0.05, 0) is 30.2 Å². The molecule has 0 aromatic heterocycles. The number of nitrogen functional groups attached to an aromatic ring is 1. The lowest BCUT2D eigenvalue weighted by molar-refractivity contribution is 1.30. The second kappa shape index (κ2) is 2.93. The van der Waals surface area contributed by atoms with Gasteiger partial charge in [-0.25, -0.2) is 0 Å². The van der Waals surface area contributed by atoms with Crippen LogP contribution in [0.2, 0.25) is 0 Å². The number of hydrogen-bond acceptors (Lipinski definition) is 1. The molecule has 0 aliphatic rings. The van der Waals surface area contributed by atoms with Crippen LogP contribution in [0.5, 0.6) is 0 Å². The Balaban J connectivity index is 3.09. The average molecular weight is 156 g/mol. The Hall–Kier alpha value is -0.690. The van der Waals surface area contributed by atoms with Crippen molar-refractivity contribution in [2.24, 2.45) is 0 Å². The Labute approximate surface area is 65.8 Å². The molecule has 0 aliphatic heterocycles. The van der Waals surface area contributed by atoms with E-state index in [1.165, 1.54) is 5.56 Å². The molecule has 0 fully saturated rings. The molecule has 0 radical (unpaired) electrons. The Morgan fingerprint density at radius 1 is 1.50 bits per heavy atom. The van der Waals surface area contributed by atoms with Gasteiger partial charge in [0.25, 0.3) is 0 Å². The Bertz CT molecular complexity index is 233. The highest BCUT2D eigenvalue weighted by molar-refractivity contribution is 6.17. The maximum Gasteiger partial charge on any atom is 0.0477 e. The molecule has 0 spiro atoms. The predicted molar refractivity (Wildman–Crippen MR) is 45.1 cm³/mol. The second-order valence-electron chi connectivity index (χ2n) is 2.32. The molecule has 54 valence electrons. The fourth-order valence-electron chi connectivity index (χ4n) is 0.835. The average Bonchev–Trinajstić information content (AvgIpc) is 1.94. The van der Waals surface area contributed by atoms with Gasteiger partial charge in [0.1, 0.15) is 0 Å². The van der Waals surface area contributed by atoms with Gasteiger partial charge in [0, 0.05) is 11.6 Å². The molecule has 0 bridgehead atoms. The van der Waals surface area contributed by atoms with Gasteiger partial charge in [-0.3, -0.25) is 0 Å².